The second-order valence-corrected chi connectivity index (χ2v) is 5.45. The third-order valence-corrected chi connectivity index (χ3v) is 3.05. The lowest BCUT2D eigenvalue weighted by Gasteiger charge is -2.18. The third kappa shape index (κ3) is 5.01. The molecule has 1 aliphatic carbocycles. The first-order chi connectivity index (χ1) is 6.99. The Labute approximate surface area is 94.8 Å². The molecule has 1 rings (SSSR count). The lowest BCUT2D eigenvalue weighted by Crippen LogP contribution is -2.05. The van der Waals surface area contributed by atoms with Crippen molar-refractivity contribution in [1.29, 1.82) is 0 Å². The van der Waals surface area contributed by atoms with E-state index in [0.717, 1.165) is 12.8 Å². The van der Waals surface area contributed by atoms with Crippen molar-refractivity contribution >= 4 is 0 Å². The van der Waals surface area contributed by atoms with Crippen LogP contribution in [-0.2, 0) is 0 Å². The van der Waals surface area contributed by atoms with E-state index in [4.69, 9.17) is 0 Å². The highest BCUT2D eigenvalue weighted by atomic mass is 14.2. The van der Waals surface area contributed by atoms with Crippen LogP contribution in [0.2, 0.25) is 0 Å². The van der Waals surface area contributed by atoms with Gasteiger partial charge in [-0.25, -0.2) is 0 Å². The molecule has 0 amide bonds. The highest BCUT2D eigenvalue weighted by Gasteiger charge is 2.12. The van der Waals surface area contributed by atoms with E-state index in [9.17, 15) is 0 Å². The van der Waals surface area contributed by atoms with Gasteiger partial charge >= 0.3 is 0 Å². The summed E-state index contributed by atoms with van der Waals surface area (Å²) < 4.78 is 0. The predicted molar refractivity (Wildman–Crippen MR) is 68.9 cm³/mol. The fourth-order valence-corrected chi connectivity index (χ4v) is 1.87. The predicted octanol–water partition coefficient (Wildman–Crippen LogP) is 5.04. The Morgan fingerprint density at radius 3 is 2.73 bits per heavy atom. The van der Waals surface area contributed by atoms with Crippen LogP contribution in [0.1, 0.15) is 52.9 Å². The van der Waals surface area contributed by atoms with Crippen LogP contribution in [0, 0.1) is 5.41 Å². The third-order valence-electron chi connectivity index (χ3n) is 3.05. The molecular weight excluding hydrogens is 180 g/mol. The van der Waals surface area contributed by atoms with Crippen molar-refractivity contribution in [2.24, 2.45) is 5.41 Å². The topological polar surface area (TPSA) is 0 Å². The lowest BCUT2D eigenvalue weighted by atomic mass is 9.87. The summed E-state index contributed by atoms with van der Waals surface area (Å²) >= 11 is 0. The molecule has 15 heavy (non-hydrogen) atoms. The standard InChI is InChI=1S/C15H24/c1-13-7-5-8-14(2)10-12-15(3,4)11-6-9-13/h6,10-11H,1,5,7-9,12H2,2-4H3/b11-6+,14-10+. The molecule has 0 saturated heterocycles. The zero-order valence-corrected chi connectivity index (χ0v) is 10.5. The van der Waals surface area contributed by atoms with Crippen molar-refractivity contribution in [3.63, 3.8) is 0 Å². The summed E-state index contributed by atoms with van der Waals surface area (Å²) in [6, 6.07) is 0. The van der Waals surface area contributed by atoms with Gasteiger partial charge < -0.3 is 0 Å². The molecule has 0 N–H and O–H groups in total. The molecule has 84 valence electrons. The van der Waals surface area contributed by atoms with Crippen LogP contribution in [0.3, 0.4) is 0 Å². The number of allylic oxidation sites excluding steroid dienone is 5. The molecule has 0 nitrogen and oxygen atoms in total. The van der Waals surface area contributed by atoms with Crippen molar-refractivity contribution in [3.05, 3.63) is 36.0 Å². The van der Waals surface area contributed by atoms with Gasteiger partial charge in [-0.3, -0.25) is 0 Å². The van der Waals surface area contributed by atoms with Crippen LogP contribution in [0.25, 0.3) is 0 Å². The van der Waals surface area contributed by atoms with Crippen LogP contribution in [0.4, 0.5) is 0 Å². The van der Waals surface area contributed by atoms with Crippen molar-refractivity contribution in [1.82, 2.24) is 0 Å². The van der Waals surface area contributed by atoms with Crippen molar-refractivity contribution in [3.8, 4) is 0 Å². The molecule has 0 unspecified atom stereocenters. The molecule has 0 aromatic heterocycles. The van der Waals surface area contributed by atoms with Crippen LogP contribution < -0.4 is 0 Å². The van der Waals surface area contributed by atoms with Crippen LogP contribution >= 0.6 is 0 Å². The second-order valence-electron chi connectivity index (χ2n) is 5.45. The van der Waals surface area contributed by atoms with E-state index in [2.05, 4.69) is 45.6 Å². The zero-order chi connectivity index (χ0) is 11.3. The molecule has 1 aliphatic rings. The molecule has 0 saturated carbocycles. The zero-order valence-electron chi connectivity index (χ0n) is 10.5. The summed E-state index contributed by atoms with van der Waals surface area (Å²) in [5, 5.41) is 0. The van der Waals surface area contributed by atoms with E-state index in [0.29, 0.717) is 5.41 Å². The van der Waals surface area contributed by atoms with Crippen molar-refractivity contribution < 1.29 is 0 Å². The molecular formula is C15H24. The van der Waals surface area contributed by atoms with E-state index in [1.807, 2.05) is 0 Å². The number of hydrogen-bond acceptors (Lipinski definition) is 0. The molecule has 0 aromatic rings. The lowest BCUT2D eigenvalue weighted by molar-refractivity contribution is 0.486. The SMILES string of the molecule is C=C1C/C=C/C(C)(C)C/C=C(\C)CCC1. The average molecular weight is 204 g/mol. The van der Waals surface area contributed by atoms with Gasteiger partial charge in [-0.05, 0) is 44.4 Å². The molecule has 0 atom stereocenters. The van der Waals surface area contributed by atoms with Crippen molar-refractivity contribution in [2.75, 3.05) is 0 Å². The normalized spacial score (nSPS) is 28.7. The van der Waals surface area contributed by atoms with Crippen LogP contribution in [0.5, 0.6) is 0 Å². The summed E-state index contributed by atoms with van der Waals surface area (Å²) in [6.07, 6.45) is 12.9. The minimum Gasteiger partial charge on any atom is -0.0995 e. The highest BCUT2D eigenvalue weighted by molar-refractivity contribution is 5.10. The minimum atomic E-state index is 0.298. The van der Waals surface area contributed by atoms with Crippen LogP contribution in [0.15, 0.2) is 36.0 Å². The Balaban J connectivity index is 2.73. The maximum Gasteiger partial charge on any atom is -0.0140 e. The van der Waals surface area contributed by atoms with E-state index < -0.39 is 0 Å². The molecule has 0 heterocycles. The second kappa shape index (κ2) is 5.34. The van der Waals surface area contributed by atoms with Gasteiger partial charge in [-0.15, -0.1) is 0 Å². The smallest absolute Gasteiger partial charge is 0.0140 e. The number of rotatable bonds is 0. The molecule has 0 spiro atoms. The van der Waals surface area contributed by atoms with Gasteiger partial charge in [0.15, 0.2) is 0 Å². The first kappa shape index (κ1) is 12.3. The molecule has 0 heteroatoms. The maximum absolute atomic E-state index is 4.12. The van der Waals surface area contributed by atoms with Gasteiger partial charge in [0, 0.05) is 0 Å². The van der Waals surface area contributed by atoms with Gasteiger partial charge in [0.1, 0.15) is 0 Å². The Morgan fingerprint density at radius 2 is 2.00 bits per heavy atom. The monoisotopic (exact) mass is 204 g/mol. The maximum atomic E-state index is 4.12. The van der Waals surface area contributed by atoms with E-state index in [1.54, 1.807) is 0 Å². The van der Waals surface area contributed by atoms with E-state index in [-0.39, 0.29) is 0 Å². The van der Waals surface area contributed by atoms with Gasteiger partial charge in [-0.1, -0.05) is 49.8 Å². The largest absolute Gasteiger partial charge is 0.0995 e. The molecule has 0 aromatic carbocycles. The van der Waals surface area contributed by atoms with Gasteiger partial charge in [0.25, 0.3) is 0 Å². The average Bonchev–Trinajstić information content (AvgIpc) is 2.15. The summed E-state index contributed by atoms with van der Waals surface area (Å²) in [6.45, 7) is 11.0. The minimum absolute atomic E-state index is 0.298. The first-order valence-electron chi connectivity index (χ1n) is 5.99. The summed E-state index contributed by atoms with van der Waals surface area (Å²) in [7, 11) is 0. The highest BCUT2D eigenvalue weighted by Crippen LogP contribution is 2.26. The Kier molecular flexibility index (Phi) is 4.38. The molecule has 0 aliphatic heterocycles. The Morgan fingerprint density at radius 1 is 1.27 bits per heavy atom. The van der Waals surface area contributed by atoms with Gasteiger partial charge in [0.05, 0.1) is 0 Å². The van der Waals surface area contributed by atoms with Gasteiger partial charge in [-0.2, -0.15) is 0 Å². The van der Waals surface area contributed by atoms with E-state index in [1.165, 1.54) is 30.4 Å². The van der Waals surface area contributed by atoms with Crippen LogP contribution in [-0.4, -0.2) is 0 Å². The first-order valence-corrected chi connectivity index (χ1v) is 5.99. The summed E-state index contributed by atoms with van der Waals surface area (Å²) in [4.78, 5) is 0. The van der Waals surface area contributed by atoms with E-state index >= 15 is 0 Å². The fraction of sp³-hybridized carbons (Fsp3) is 0.600. The summed E-state index contributed by atoms with van der Waals surface area (Å²) in [5.74, 6) is 0. The Hall–Kier alpha value is -0.780. The number of hydrogen-bond donors (Lipinski definition) is 0. The molecule has 0 bridgehead atoms. The quantitative estimate of drug-likeness (QED) is 0.485. The molecule has 0 fully saturated rings. The molecule has 0 radical (unpaired) electrons. The fourth-order valence-electron chi connectivity index (χ4n) is 1.87. The van der Waals surface area contributed by atoms with Gasteiger partial charge in [0.2, 0.25) is 0 Å². The summed E-state index contributed by atoms with van der Waals surface area (Å²) in [5.41, 5.74) is 3.20. The Bertz CT molecular complexity index is 276. The van der Waals surface area contributed by atoms with Crippen molar-refractivity contribution in [2.45, 2.75) is 52.9 Å².